The molecule has 1 heterocycles. The molecule has 10 heavy (non-hydrogen) atoms. The largest absolute Gasteiger partial charge is 0.450 e. The van der Waals surface area contributed by atoms with Crippen LogP contribution in [0.2, 0.25) is 0 Å². The molecule has 0 atom stereocenters. The minimum atomic E-state index is -0.480. The number of hydrogen-bond acceptors (Lipinski definition) is 5. The number of oxime groups is 2. The summed E-state index contributed by atoms with van der Waals surface area (Å²) in [6.45, 7) is 1.32. The number of ether oxygens (including phenoxy) is 1. The van der Waals surface area contributed by atoms with Crippen LogP contribution >= 0.6 is 0 Å². The highest BCUT2D eigenvalue weighted by molar-refractivity contribution is 5.89. The van der Waals surface area contributed by atoms with Gasteiger partial charge >= 0.3 is 5.97 Å². The molecule has 5 nitrogen and oxygen atoms in total. The zero-order valence-corrected chi connectivity index (χ0v) is 5.35. The second-order valence-corrected chi connectivity index (χ2v) is 1.66. The van der Waals surface area contributed by atoms with E-state index in [4.69, 9.17) is 0 Å². The predicted octanol–water partition coefficient (Wildman–Crippen LogP) is -0.0801. The Labute approximate surface area is 57.3 Å². The molecule has 0 amide bonds. The lowest BCUT2D eigenvalue weighted by Gasteiger charge is -2.07. The van der Waals surface area contributed by atoms with Crippen molar-refractivity contribution in [2.45, 2.75) is 13.0 Å². The first-order valence-corrected chi connectivity index (χ1v) is 2.69. The Morgan fingerprint density at radius 2 is 2.20 bits per heavy atom. The van der Waals surface area contributed by atoms with Crippen LogP contribution in [0.5, 0.6) is 0 Å². The van der Waals surface area contributed by atoms with E-state index < -0.39 is 6.10 Å². The SMILES string of the molecule is CC(=O)OC1C=NON=C1. The van der Waals surface area contributed by atoms with Gasteiger partial charge < -0.3 is 4.74 Å². The minimum Gasteiger partial charge on any atom is -0.450 e. The second kappa shape index (κ2) is 2.95. The summed E-state index contributed by atoms with van der Waals surface area (Å²) in [6, 6.07) is 0. The van der Waals surface area contributed by atoms with Crippen molar-refractivity contribution in [3.8, 4) is 0 Å². The highest BCUT2D eigenvalue weighted by Crippen LogP contribution is 1.92. The van der Waals surface area contributed by atoms with Crippen LogP contribution in [-0.2, 0) is 14.5 Å². The van der Waals surface area contributed by atoms with E-state index in [9.17, 15) is 4.79 Å². The average Bonchev–Trinajstić information content (AvgIpc) is 1.88. The molecule has 0 saturated carbocycles. The zero-order valence-electron chi connectivity index (χ0n) is 5.35. The van der Waals surface area contributed by atoms with Crippen molar-refractivity contribution in [1.82, 2.24) is 0 Å². The van der Waals surface area contributed by atoms with Crippen LogP contribution in [0.4, 0.5) is 0 Å². The lowest BCUT2D eigenvalue weighted by Crippen LogP contribution is -2.21. The molecule has 0 aromatic heterocycles. The number of carbonyl (C=O) groups excluding carboxylic acids is 1. The first kappa shape index (κ1) is 6.73. The molecular weight excluding hydrogens is 136 g/mol. The van der Waals surface area contributed by atoms with Gasteiger partial charge in [0, 0.05) is 6.92 Å². The van der Waals surface area contributed by atoms with E-state index in [1.807, 2.05) is 0 Å². The summed E-state index contributed by atoms with van der Waals surface area (Å²) < 4.78 is 4.67. The van der Waals surface area contributed by atoms with Crippen molar-refractivity contribution in [1.29, 1.82) is 0 Å². The summed E-state index contributed by atoms with van der Waals surface area (Å²) in [6.07, 6.45) is 2.20. The maximum atomic E-state index is 10.3. The normalized spacial score (nSPS) is 16.5. The molecule has 0 N–H and O–H groups in total. The minimum absolute atomic E-state index is 0.371. The maximum absolute atomic E-state index is 10.3. The average molecular weight is 142 g/mol. The van der Waals surface area contributed by atoms with Gasteiger partial charge in [-0.05, 0) is 0 Å². The Bertz CT molecular complexity index is 175. The topological polar surface area (TPSA) is 60.2 Å². The number of nitrogens with zero attached hydrogens (tertiary/aromatic N) is 2. The monoisotopic (exact) mass is 142 g/mol. The molecule has 0 bridgehead atoms. The van der Waals surface area contributed by atoms with Crippen molar-refractivity contribution in [2.24, 2.45) is 10.3 Å². The predicted molar refractivity (Wildman–Crippen MR) is 33.6 cm³/mol. The van der Waals surface area contributed by atoms with Crippen molar-refractivity contribution < 1.29 is 14.5 Å². The van der Waals surface area contributed by atoms with Gasteiger partial charge in [-0.3, -0.25) is 4.79 Å². The number of hydrogen-bond donors (Lipinski definition) is 0. The van der Waals surface area contributed by atoms with Crippen LogP contribution in [0.1, 0.15) is 6.92 Å². The summed E-state index contributed by atoms with van der Waals surface area (Å²) in [7, 11) is 0. The molecule has 0 radical (unpaired) electrons. The fourth-order valence-electron chi connectivity index (χ4n) is 0.493. The van der Waals surface area contributed by atoms with Crippen LogP contribution < -0.4 is 0 Å². The van der Waals surface area contributed by atoms with Gasteiger partial charge in [-0.2, -0.15) is 0 Å². The zero-order chi connectivity index (χ0) is 7.40. The van der Waals surface area contributed by atoms with Crippen LogP contribution in [0.3, 0.4) is 0 Å². The number of rotatable bonds is 1. The molecule has 5 heteroatoms. The Hall–Kier alpha value is -1.39. The summed E-state index contributed by atoms with van der Waals surface area (Å²) >= 11 is 0. The highest BCUT2D eigenvalue weighted by atomic mass is 16.8. The van der Waals surface area contributed by atoms with Gasteiger partial charge in [0.15, 0.2) is 6.10 Å². The van der Waals surface area contributed by atoms with Crippen LogP contribution in [0.25, 0.3) is 0 Å². The Morgan fingerprint density at radius 1 is 1.60 bits per heavy atom. The lowest BCUT2D eigenvalue weighted by atomic mass is 10.4. The molecule has 0 unspecified atom stereocenters. The Morgan fingerprint density at radius 3 is 2.70 bits per heavy atom. The van der Waals surface area contributed by atoms with Gasteiger partial charge in [-0.25, -0.2) is 4.94 Å². The molecule has 0 aliphatic carbocycles. The van der Waals surface area contributed by atoms with E-state index in [0.717, 1.165) is 0 Å². The standard InChI is InChI=1S/C5H6N2O3/c1-4(8)9-5-2-6-10-7-3-5/h2-3,5H,1H3. The van der Waals surface area contributed by atoms with Crippen LogP contribution in [0, 0.1) is 0 Å². The van der Waals surface area contributed by atoms with Crippen molar-refractivity contribution in [3.63, 3.8) is 0 Å². The molecular formula is C5H6N2O3. The van der Waals surface area contributed by atoms with Gasteiger partial charge in [0.1, 0.15) is 0 Å². The molecule has 0 aromatic rings. The number of esters is 1. The maximum Gasteiger partial charge on any atom is 0.303 e. The van der Waals surface area contributed by atoms with E-state index in [1.165, 1.54) is 19.4 Å². The summed E-state index contributed by atoms with van der Waals surface area (Å²) in [5.41, 5.74) is 0. The Kier molecular flexibility index (Phi) is 1.99. The molecule has 54 valence electrons. The fourth-order valence-corrected chi connectivity index (χ4v) is 0.493. The van der Waals surface area contributed by atoms with Gasteiger partial charge in [0.2, 0.25) is 0 Å². The van der Waals surface area contributed by atoms with Gasteiger partial charge in [0.05, 0.1) is 12.4 Å². The van der Waals surface area contributed by atoms with Gasteiger partial charge in [-0.1, -0.05) is 10.3 Å². The van der Waals surface area contributed by atoms with Gasteiger partial charge in [0.25, 0.3) is 0 Å². The molecule has 1 aliphatic rings. The van der Waals surface area contributed by atoms with E-state index in [2.05, 4.69) is 20.0 Å². The van der Waals surface area contributed by atoms with E-state index in [-0.39, 0.29) is 5.97 Å². The first-order valence-electron chi connectivity index (χ1n) is 2.69. The molecule has 0 spiro atoms. The smallest absolute Gasteiger partial charge is 0.303 e. The molecule has 1 rings (SSSR count). The summed E-state index contributed by atoms with van der Waals surface area (Å²) in [5.74, 6) is -0.371. The van der Waals surface area contributed by atoms with E-state index in [0.29, 0.717) is 0 Å². The summed E-state index contributed by atoms with van der Waals surface area (Å²) in [4.78, 5) is 14.6. The third-order valence-corrected chi connectivity index (χ3v) is 0.812. The van der Waals surface area contributed by atoms with Crippen molar-refractivity contribution in [3.05, 3.63) is 0 Å². The molecule has 0 saturated heterocycles. The summed E-state index contributed by atoms with van der Waals surface area (Å²) in [5, 5.41) is 6.62. The lowest BCUT2D eigenvalue weighted by molar-refractivity contribution is -0.141. The highest BCUT2D eigenvalue weighted by Gasteiger charge is 2.08. The fraction of sp³-hybridized carbons (Fsp3) is 0.400. The third kappa shape index (κ3) is 1.85. The van der Waals surface area contributed by atoms with Crippen molar-refractivity contribution >= 4 is 18.4 Å². The van der Waals surface area contributed by atoms with Crippen LogP contribution in [0.15, 0.2) is 10.3 Å². The first-order chi connectivity index (χ1) is 4.79. The molecule has 0 fully saturated rings. The Balaban J connectivity index is 2.40. The molecule has 1 aliphatic heterocycles. The van der Waals surface area contributed by atoms with E-state index >= 15 is 0 Å². The van der Waals surface area contributed by atoms with Crippen molar-refractivity contribution in [2.75, 3.05) is 0 Å². The van der Waals surface area contributed by atoms with E-state index in [1.54, 1.807) is 0 Å². The second-order valence-electron chi connectivity index (χ2n) is 1.66. The third-order valence-electron chi connectivity index (χ3n) is 0.812. The number of carbonyl (C=O) groups is 1. The quantitative estimate of drug-likeness (QED) is 0.481. The van der Waals surface area contributed by atoms with Crippen LogP contribution in [-0.4, -0.2) is 24.5 Å². The van der Waals surface area contributed by atoms with Gasteiger partial charge in [-0.15, -0.1) is 0 Å². The molecule has 0 aromatic carbocycles.